The topological polar surface area (TPSA) is 69.7 Å². The standard InChI is InChI=1S/C22H25N3O2/c1-26-18-6-8-21(9-7-18)12-16-5-4-15(17-3-2-10-24-13-17)11-19(16)22(21)14-27-20(23)25-22/h2-5,10-11,13,18H,6-9,12,14H2,1H3,(H2,23,25)/t18?,21?,22-/m0/s1/i14D2. The Bertz CT molecular complexity index is 971. The minimum absolute atomic E-state index is 0.0668. The fraction of sp³-hybridized carbons (Fsp3) is 0.455. The van der Waals surface area contributed by atoms with Gasteiger partial charge in [-0.15, -0.1) is 0 Å². The summed E-state index contributed by atoms with van der Waals surface area (Å²) in [6, 6.07) is 10.1. The van der Waals surface area contributed by atoms with Crippen molar-refractivity contribution in [3.8, 4) is 11.1 Å². The third kappa shape index (κ3) is 2.41. The van der Waals surface area contributed by atoms with Gasteiger partial charge in [0.2, 0.25) is 0 Å². The Balaban J connectivity index is 1.69. The molecule has 0 amide bonds. The first-order valence-corrected chi connectivity index (χ1v) is 9.52. The molecule has 0 radical (unpaired) electrons. The molecule has 1 saturated carbocycles. The largest absolute Gasteiger partial charge is 0.462 e. The summed E-state index contributed by atoms with van der Waals surface area (Å²) in [5.41, 5.74) is 8.45. The van der Waals surface area contributed by atoms with Gasteiger partial charge in [-0.05, 0) is 66.5 Å². The molecule has 0 unspecified atom stereocenters. The maximum Gasteiger partial charge on any atom is 0.283 e. The molecule has 2 aliphatic carbocycles. The highest BCUT2D eigenvalue weighted by molar-refractivity contribution is 5.76. The van der Waals surface area contributed by atoms with E-state index in [1.165, 1.54) is 0 Å². The summed E-state index contributed by atoms with van der Waals surface area (Å²) < 4.78 is 28.7. The number of benzene rings is 1. The number of aliphatic imine (C=N–C) groups is 1. The van der Waals surface area contributed by atoms with E-state index in [0.717, 1.165) is 54.4 Å². The van der Waals surface area contributed by atoms with E-state index in [9.17, 15) is 0 Å². The Morgan fingerprint density at radius 1 is 1.26 bits per heavy atom. The molecule has 1 aromatic carbocycles. The molecule has 5 nitrogen and oxygen atoms in total. The number of aromatic nitrogens is 1. The number of hydrogen-bond donors (Lipinski definition) is 1. The van der Waals surface area contributed by atoms with Crippen molar-refractivity contribution in [3.05, 3.63) is 53.9 Å². The van der Waals surface area contributed by atoms with Crippen LogP contribution >= 0.6 is 0 Å². The number of fused-ring (bicyclic) bond motifs is 3. The van der Waals surface area contributed by atoms with E-state index in [2.05, 4.69) is 23.2 Å². The number of amidine groups is 1. The van der Waals surface area contributed by atoms with Crippen molar-refractivity contribution in [2.45, 2.75) is 43.7 Å². The van der Waals surface area contributed by atoms with Gasteiger partial charge in [0.15, 0.2) is 0 Å². The maximum atomic E-state index is 8.83. The van der Waals surface area contributed by atoms with E-state index in [4.69, 9.17) is 22.9 Å². The number of methoxy groups -OCH3 is 1. The van der Waals surface area contributed by atoms with E-state index in [1.54, 1.807) is 13.3 Å². The van der Waals surface area contributed by atoms with Crippen molar-refractivity contribution in [1.29, 1.82) is 0 Å². The van der Waals surface area contributed by atoms with E-state index >= 15 is 0 Å². The average Bonchev–Trinajstić information content (AvgIpc) is 3.13. The van der Waals surface area contributed by atoms with Crippen LogP contribution in [0.15, 0.2) is 47.7 Å². The van der Waals surface area contributed by atoms with Gasteiger partial charge in [-0.2, -0.15) is 0 Å². The van der Waals surface area contributed by atoms with E-state index in [0.29, 0.717) is 0 Å². The Labute approximate surface area is 162 Å². The molecule has 0 bridgehead atoms. The zero-order valence-corrected chi connectivity index (χ0v) is 15.4. The first kappa shape index (κ1) is 14.6. The second-order valence-corrected chi connectivity index (χ2v) is 7.87. The summed E-state index contributed by atoms with van der Waals surface area (Å²) in [5.74, 6) is 0. The van der Waals surface area contributed by atoms with Crippen LogP contribution in [0.3, 0.4) is 0 Å². The van der Waals surface area contributed by atoms with E-state index in [-0.39, 0.29) is 17.5 Å². The van der Waals surface area contributed by atoms with Crippen LogP contribution < -0.4 is 5.73 Å². The minimum Gasteiger partial charge on any atom is -0.462 e. The number of pyridine rings is 1. The molecule has 1 fully saturated rings. The Morgan fingerprint density at radius 2 is 2.11 bits per heavy atom. The van der Waals surface area contributed by atoms with Crippen molar-refractivity contribution in [2.24, 2.45) is 16.1 Å². The third-order valence-corrected chi connectivity index (χ3v) is 6.60. The van der Waals surface area contributed by atoms with Crippen molar-refractivity contribution in [3.63, 3.8) is 0 Å². The van der Waals surface area contributed by atoms with Crippen LogP contribution in [0.5, 0.6) is 0 Å². The van der Waals surface area contributed by atoms with E-state index < -0.39 is 12.1 Å². The first-order valence-electron chi connectivity index (χ1n) is 10.5. The molecule has 2 heterocycles. The van der Waals surface area contributed by atoms with Crippen LogP contribution in [-0.4, -0.2) is 30.8 Å². The summed E-state index contributed by atoms with van der Waals surface area (Å²) >= 11 is 0. The molecule has 27 heavy (non-hydrogen) atoms. The predicted octanol–water partition coefficient (Wildman–Crippen LogP) is 3.42. The summed E-state index contributed by atoms with van der Waals surface area (Å²) in [6.45, 7) is -2.00. The summed E-state index contributed by atoms with van der Waals surface area (Å²) in [6.07, 6.45) is 7.95. The molecule has 2 N–H and O–H groups in total. The van der Waals surface area contributed by atoms with Gasteiger partial charge in [-0.25, -0.2) is 4.99 Å². The normalized spacial score (nSPS) is 34.7. The first-order chi connectivity index (χ1) is 13.9. The van der Waals surface area contributed by atoms with Crippen LogP contribution in [0.25, 0.3) is 11.1 Å². The highest BCUT2D eigenvalue weighted by Crippen LogP contribution is 2.61. The molecule has 5 rings (SSSR count). The molecule has 5 heteroatoms. The van der Waals surface area contributed by atoms with Crippen LogP contribution in [-0.2, 0) is 21.4 Å². The molecule has 140 valence electrons. The zero-order valence-electron chi connectivity index (χ0n) is 17.4. The number of ether oxygens (including phenoxy) is 2. The molecule has 1 aliphatic heterocycles. The number of nitrogens with zero attached hydrogens (tertiary/aromatic N) is 2. The number of rotatable bonds is 2. The third-order valence-electron chi connectivity index (χ3n) is 6.60. The molecule has 3 aliphatic rings. The Morgan fingerprint density at radius 3 is 2.78 bits per heavy atom. The molecule has 0 saturated heterocycles. The maximum absolute atomic E-state index is 8.83. The highest BCUT2D eigenvalue weighted by atomic mass is 16.5. The van der Waals surface area contributed by atoms with Crippen LogP contribution in [0.4, 0.5) is 0 Å². The fourth-order valence-corrected chi connectivity index (χ4v) is 5.16. The SMILES string of the molecule is [2H]C1([2H])OC(N)=N[C@]12c1cc(-c3cccnc3)ccc1CC21CCC(OC)CC1. The van der Waals surface area contributed by atoms with Gasteiger partial charge in [0.1, 0.15) is 12.1 Å². The van der Waals surface area contributed by atoms with Gasteiger partial charge >= 0.3 is 0 Å². The second kappa shape index (κ2) is 6.06. The lowest BCUT2D eigenvalue weighted by atomic mass is 9.62. The van der Waals surface area contributed by atoms with E-state index in [1.807, 2.05) is 18.3 Å². The smallest absolute Gasteiger partial charge is 0.283 e. The van der Waals surface area contributed by atoms with Gasteiger partial charge in [-0.1, -0.05) is 18.2 Å². The van der Waals surface area contributed by atoms with Crippen LogP contribution in [0, 0.1) is 5.41 Å². The Kier molecular flexibility index (Phi) is 3.28. The zero-order chi connectivity index (χ0) is 20.3. The summed E-state index contributed by atoms with van der Waals surface area (Å²) in [4.78, 5) is 8.94. The lowest BCUT2D eigenvalue weighted by Crippen LogP contribution is -2.46. The monoisotopic (exact) mass is 365 g/mol. The average molecular weight is 365 g/mol. The number of hydrogen-bond acceptors (Lipinski definition) is 5. The van der Waals surface area contributed by atoms with Gasteiger partial charge in [0.05, 0.1) is 8.85 Å². The van der Waals surface area contributed by atoms with Gasteiger partial charge in [-0.3, -0.25) is 4.98 Å². The van der Waals surface area contributed by atoms with Crippen molar-refractivity contribution < 1.29 is 12.2 Å². The quantitative estimate of drug-likeness (QED) is 0.885. The highest BCUT2D eigenvalue weighted by Gasteiger charge is 2.61. The molecule has 1 atom stereocenters. The minimum atomic E-state index is -2.00. The molecule has 2 aromatic rings. The lowest BCUT2D eigenvalue weighted by molar-refractivity contribution is -0.00983. The predicted molar refractivity (Wildman–Crippen MR) is 104 cm³/mol. The molecule has 1 aromatic heterocycles. The molecule has 2 spiro atoms. The van der Waals surface area contributed by atoms with Crippen LogP contribution in [0.1, 0.15) is 39.6 Å². The number of nitrogens with two attached hydrogens (primary N) is 1. The van der Waals surface area contributed by atoms with Crippen molar-refractivity contribution in [2.75, 3.05) is 13.7 Å². The van der Waals surface area contributed by atoms with Crippen LogP contribution in [0.2, 0.25) is 0 Å². The van der Waals surface area contributed by atoms with Crippen molar-refractivity contribution in [1.82, 2.24) is 4.98 Å². The van der Waals surface area contributed by atoms with Gasteiger partial charge in [0.25, 0.3) is 6.02 Å². The van der Waals surface area contributed by atoms with Crippen molar-refractivity contribution >= 4 is 6.02 Å². The van der Waals surface area contributed by atoms with Gasteiger partial charge < -0.3 is 15.2 Å². The molecular formula is C22H25N3O2. The molecular weight excluding hydrogens is 338 g/mol. The lowest BCUT2D eigenvalue weighted by Gasteiger charge is -2.45. The fourth-order valence-electron chi connectivity index (χ4n) is 5.16. The summed E-state index contributed by atoms with van der Waals surface area (Å²) in [7, 11) is 1.75. The van der Waals surface area contributed by atoms with Gasteiger partial charge in [0, 0.05) is 24.9 Å². The summed E-state index contributed by atoms with van der Waals surface area (Å²) in [5, 5.41) is 0. The second-order valence-electron chi connectivity index (χ2n) is 7.87. The Hall–Kier alpha value is -2.40.